The lowest BCUT2D eigenvalue weighted by Gasteiger charge is -2.29. The van der Waals surface area contributed by atoms with Crippen LogP contribution in [0.5, 0.6) is 0 Å². The third-order valence-electron chi connectivity index (χ3n) is 4.82. The van der Waals surface area contributed by atoms with Crippen LogP contribution in [0.15, 0.2) is 59.8 Å². The van der Waals surface area contributed by atoms with E-state index in [2.05, 4.69) is 33.0 Å². The first-order chi connectivity index (χ1) is 13.2. The molecule has 2 aromatic carbocycles. The topological polar surface area (TPSA) is 51.0 Å². The highest BCUT2D eigenvalue weighted by Gasteiger charge is 2.23. The van der Waals surface area contributed by atoms with E-state index in [1.807, 2.05) is 48.2 Å². The number of fused-ring (bicyclic) bond motifs is 1. The number of hydrogen-bond donors (Lipinski definition) is 0. The first-order valence-electron chi connectivity index (χ1n) is 9.17. The molecule has 1 amide bonds. The maximum atomic E-state index is 12.9. The van der Waals surface area contributed by atoms with Crippen molar-refractivity contribution in [2.45, 2.75) is 31.5 Å². The molecule has 138 valence electrons. The minimum Gasteiger partial charge on any atom is -0.311 e. The van der Waals surface area contributed by atoms with E-state index < -0.39 is 0 Å². The highest BCUT2D eigenvalue weighted by Crippen LogP contribution is 2.28. The number of anilines is 1. The summed E-state index contributed by atoms with van der Waals surface area (Å²) in [5, 5.41) is 9.27. The monoisotopic (exact) mass is 378 g/mol. The van der Waals surface area contributed by atoms with Crippen molar-refractivity contribution in [2.75, 3.05) is 17.2 Å². The van der Waals surface area contributed by atoms with Gasteiger partial charge in [0, 0.05) is 12.2 Å². The van der Waals surface area contributed by atoms with Gasteiger partial charge in [0.2, 0.25) is 5.91 Å². The van der Waals surface area contributed by atoms with Gasteiger partial charge in [0.25, 0.3) is 0 Å². The van der Waals surface area contributed by atoms with Crippen molar-refractivity contribution in [1.82, 2.24) is 14.8 Å². The molecule has 0 saturated heterocycles. The first kappa shape index (κ1) is 17.8. The van der Waals surface area contributed by atoms with E-state index in [4.69, 9.17) is 0 Å². The smallest absolute Gasteiger partial charge is 0.237 e. The molecule has 5 nitrogen and oxygen atoms in total. The van der Waals surface area contributed by atoms with Crippen LogP contribution in [-0.4, -0.2) is 33.0 Å². The standard InChI is InChI=1S/C21H22N4OS/c1-16-22-23-21(25(16)14-17-8-3-2-4-9-17)27-15-20(26)24-13-7-11-18-10-5-6-12-19(18)24/h2-6,8-10,12H,7,11,13-15H2,1H3. The van der Waals surface area contributed by atoms with Gasteiger partial charge in [0.05, 0.1) is 12.3 Å². The second kappa shape index (κ2) is 7.96. The Morgan fingerprint density at radius 2 is 1.85 bits per heavy atom. The number of aryl methyl sites for hydroxylation is 2. The number of aromatic nitrogens is 3. The second-order valence-electron chi connectivity index (χ2n) is 6.67. The summed E-state index contributed by atoms with van der Waals surface area (Å²) >= 11 is 1.46. The Hall–Kier alpha value is -2.60. The highest BCUT2D eigenvalue weighted by atomic mass is 32.2. The van der Waals surface area contributed by atoms with Crippen LogP contribution < -0.4 is 4.90 Å². The zero-order valence-electron chi connectivity index (χ0n) is 15.3. The van der Waals surface area contributed by atoms with E-state index in [1.54, 1.807) is 0 Å². The average molecular weight is 379 g/mol. The van der Waals surface area contributed by atoms with Gasteiger partial charge in [-0.2, -0.15) is 0 Å². The molecule has 0 saturated carbocycles. The van der Waals surface area contributed by atoms with Crippen LogP contribution in [0.4, 0.5) is 5.69 Å². The molecule has 3 aromatic rings. The Labute approximate surface area is 163 Å². The SMILES string of the molecule is Cc1nnc(SCC(=O)N2CCCc3ccccc32)n1Cc1ccccc1. The molecular weight excluding hydrogens is 356 g/mol. The van der Waals surface area contributed by atoms with Crippen molar-refractivity contribution in [3.63, 3.8) is 0 Å². The second-order valence-corrected chi connectivity index (χ2v) is 7.61. The van der Waals surface area contributed by atoms with E-state index in [0.29, 0.717) is 12.3 Å². The highest BCUT2D eigenvalue weighted by molar-refractivity contribution is 7.99. The van der Waals surface area contributed by atoms with Crippen LogP contribution in [0.3, 0.4) is 0 Å². The summed E-state index contributed by atoms with van der Waals surface area (Å²) in [6.07, 6.45) is 2.05. The van der Waals surface area contributed by atoms with Gasteiger partial charge in [0.15, 0.2) is 5.16 Å². The number of hydrogen-bond acceptors (Lipinski definition) is 4. The Kier molecular flexibility index (Phi) is 5.25. The molecule has 0 aliphatic carbocycles. The van der Waals surface area contributed by atoms with Gasteiger partial charge < -0.3 is 9.47 Å². The van der Waals surface area contributed by atoms with Crippen LogP contribution >= 0.6 is 11.8 Å². The van der Waals surface area contributed by atoms with Crippen LogP contribution in [0.2, 0.25) is 0 Å². The van der Waals surface area contributed by atoms with Crippen molar-refractivity contribution in [2.24, 2.45) is 0 Å². The first-order valence-corrected chi connectivity index (χ1v) is 10.2. The van der Waals surface area contributed by atoms with E-state index >= 15 is 0 Å². The molecule has 6 heteroatoms. The Bertz CT molecular complexity index is 938. The molecule has 1 aromatic heterocycles. The molecule has 0 N–H and O–H groups in total. The summed E-state index contributed by atoms with van der Waals surface area (Å²) in [5.74, 6) is 1.34. The van der Waals surface area contributed by atoms with Crippen molar-refractivity contribution in [1.29, 1.82) is 0 Å². The largest absolute Gasteiger partial charge is 0.311 e. The van der Waals surface area contributed by atoms with E-state index in [-0.39, 0.29) is 5.91 Å². The summed E-state index contributed by atoms with van der Waals surface area (Å²) in [7, 11) is 0. The number of carbonyl (C=O) groups excluding carboxylic acids is 1. The summed E-state index contributed by atoms with van der Waals surface area (Å²) in [5.41, 5.74) is 3.50. The lowest BCUT2D eigenvalue weighted by molar-refractivity contribution is -0.116. The van der Waals surface area contributed by atoms with Gasteiger partial charge in [-0.25, -0.2) is 0 Å². The number of para-hydroxylation sites is 1. The Balaban J connectivity index is 1.46. The van der Waals surface area contributed by atoms with Gasteiger partial charge in [-0.15, -0.1) is 10.2 Å². The average Bonchev–Trinajstić information content (AvgIpc) is 3.06. The van der Waals surface area contributed by atoms with Gasteiger partial charge in [-0.3, -0.25) is 4.79 Å². The molecule has 1 aliphatic rings. The number of rotatable bonds is 5. The molecule has 4 rings (SSSR count). The van der Waals surface area contributed by atoms with E-state index in [9.17, 15) is 4.79 Å². The van der Waals surface area contributed by atoms with E-state index in [0.717, 1.165) is 36.1 Å². The predicted octanol–water partition coefficient (Wildman–Crippen LogP) is 3.71. The minimum absolute atomic E-state index is 0.124. The number of carbonyl (C=O) groups is 1. The molecule has 0 unspecified atom stereocenters. The van der Waals surface area contributed by atoms with E-state index in [1.165, 1.54) is 22.9 Å². The van der Waals surface area contributed by atoms with Crippen molar-refractivity contribution >= 4 is 23.4 Å². The maximum Gasteiger partial charge on any atom is 0.237 e. The number of amides is 1. The zero-order chi connectivity index (χ0) is 18.6. The van der Waals surface area contributed by atoms with Gasteiger partial charge >= 0.3 is 0 Å². The van der Waals surface area contributed by atoms with Gasteiger partial charge in [-0.1, -0.05) is 60.3 Å². The van der Waals surface area contributed by atoms with Crippen LogP contribution in [-0.2, 0) is 17.8 Å². The molecule has 0 bridgehead atoms. The van der Waals surface area contributed by atoms with Crippen LogP contribution in [0.1, 0.15) is 23.4 Å². The molecule has 2 heterocycles. The fraction of sp³-hybridized carbons (Fsp3) is 0.286. The molecule has 0 spiro atoms. The lowest BCUT2D eigenvalue weighted by atomic mass is 10.0. The molecular formula is C21H22N4OS. The molecule has 27 heavy (non-hydrogen) atoms. The maximum absolute atomic E-state index is 12.9. The van der Waals surface area contributed by atoms with Crippen LogP contribution in [0, 0.1) is 6.92 Å². The summed E-state index contributed by atoms with van der Waals surface area (Å²) in [4.78, 5) is 14.8. The molecule has 0 atom stereocenters. The molecule has 0 fully saturated rings. The Morgan fingerprint density at radius 1 is 1.07 bits per heavy atom. The number of benzene rings is 2. The Morgan fingerprint density at radius 3 is 2.70 bits per heavy atom. The van der Waals surface area contributed by atoms with Crippen molar-refractivity contribution in [3.05, 3.63) is 71.5 Å². The third-order valence-corrected chi connectivity index (χ3v) is 5.77. The third kappa shape index (κ3) is 3.90. The van der Waals surface area contributed by atoms with Gasteiger partial charge in [0.1, 0.15) is 5.82 Å². The zero-order valence-corrected chi connectivity index (χ0v) is 16.2. The summed E-state index contributed by atoms with van der Waals surface area (Å²) < 4.78 is 2.07. The quantitative estimate of drug-likeness (QED) is 0.635. The normalized spacial score (nSPS) is 13.4. The van der Waals surface area contributed by atoms with Crippen molar-refractivity contribution in [3.8, 4) is 0 Å². The van der Waals surface area contributed by atoms with Crippen molar-refractivity contribution < 1.29 is 4.79 Å². The predicted molar refractivity (Wildman–Crippen MR) is 108 cm³/mol. The number of thioether (sulfide) groups is 1. The van der Waals surface area contributed by atoms with Crippen LogP contribution in [0.25, 0.3) is 0 Å². The fourth-order valence-corrected chi connectivity index (χ4v) is 4.27. The lowest BCUT2D eigenvalue weighted by Crippen LogP contribution is -2.36. The number of nitrogens with zero attached hydrogens (tertiary/aromatic N) is 4. The molecule has 1 aliphatic heterocycles. The minimum atomic E-state index is 0.124. The summed E-state index contributed by atoms with van der Waals surface area (Å²) in [6.45, 7) is 3.44. The fourth-order valence-electron chi connectivity index (χ4n) is 3.41. The summed E-state index contributed by atoms with van der Waals surface area (Å²) in [6, 6.07) is 18.4. The molecule has 0 radical (unpaired) electrons. The van der Waals surface area contributed by atoms with Gasteiger partial charge in [-0.05, 0) is 37.0 Å².